The van der Waals surface area contributed by atoms with E-state index in [2.05, 4.69) is 4.74 Å². The first-order chi connectivity index (χ1) is 11.5. The molecule has 0 bridgehead atoms. The number of rotatable bonds is 8. The molecule has 0 rings (SSSR count). The zero-order chi connectivity index (χ0) is 19.7. The van der Waals surface area contributed by atoms with Gasteiger partial charge in [0.25, 0.3) is 0 Å². The molecule has 0 radical (unpaired) electrons. The molecule has 0 aliphatic heterocycles. The molecule has 1 N–H and O–H groups in total. The molecule has 0 saturated carbocycles. The number of carbonyl (C=O) groups is 5. The van der Waals surface area contributed by atoms with E-state index in [0.29, 0.717) is 0 Å². The second-order valence-corrected chi connectivity index (χ2v) is 5.12. The first kappa shape index (κ1) is 22.6. The first-order valence-electron chi connectivity index (χ1n) is 6.86. The predicted octanol–water partition coefficient (Wildman–Crippen LogP) is -0.768. The third-order valence-corrected chi connectivity index (χ3v) is 2.81. The summed E-state index contributed by atoms with van der Waals surface area (Å²) in [6.45, 7) is 3.95. The Labute approximate surface area is 148 Å². The van der Waals surface area contributed by atoms with Gasteiger partial charge in [0, 0.05) is 27.7 Å². The molecule has 0 spiro atoms. The summed E-state index contributed by atoms with van der Waals surface area (Å²) in [6.07, 6.45) is -7.03. The molecule has 0 unspecified atom stereocenters. The molecular formula is C14H18O10S. The van der Waals surface area contributed by atoms with Crippen molar-refractivity contribution in [2.24, 2.45) is 0 Å². The largest absolute Gasteiger partial charge is 0.455 e. The molecular weight excluding hydrogens is 360 g/mol. The number of hydrogen-bond acceptors (Lipinski definition) is 11. The topological polar surface area (TPSA) is 143 Å². The van der Waals surface area contributed by atoms with E-state index in [9.17, 15) is 29.1 Å². The molecule has 0 heterocycles. The number of carbonyl (C=O) groups excluding carboxylic acids is 5. The summed E-state index contributed by atoms with van der Waals surface area (Å²) in [6, 6.07) is 0. The van der Waals surface area contributed by atoms with Crippen LogP contribution in [0.25, 0.3) is 0 Å². The second-order valence-electron chi connectivity index (χ2n) is 4.72. The average Bonchev–Trinajstić information content (AvgIpc) is 2.46. The van der Waals surface area contributed by atoms with Crippen LogP contribution in [0.4, 0.5) is 0 Å². The fraction of sp³-hybridized carbons (Fsp3) is 0.571. The van der Waals surface area contributed by atoms with Crippen LogP contribution in [0.1, 0.15) is 27.7 Å². The minimum absolute atomic E-state index is 0.118. The smallest absolute Gasteiger partial charge is 0.308 e. The molecule has 0 aliphatic rings. The van der Waals surface area contributed by atoms with Crippen molar-refractivity contribution in [3.05, 3.63) is 0 Å². The summed E-state index contributed by atoms with van der Waals surface area (Å²) in [7, 11) is 0. The van der Waals surface area contributed by atoms with E-state index < -0.39 is 53.3 Å². The molecule has 0 fully saturated rings. The van der Waals surface area contributed by atoms with Gasteiger partial charge >= 0.3 is 23.9 Å². The molecule has 0 amide bonds. The van der Waals surface area contributed by atoms with Crippen molar-refractivity contribution >= 4 is 47.4 Å². The number of thiocarbonyl (C=S) groups is 1. The highest BCUT2D eigenvalue weighted by atomic mass is 32.1. The molecule has 0 saturated heterocycles. The van der Waals surface area contributed by atoms with Gasteiger partial charge in [-0.3, -0.25) is 24.0 Å². The minimum atomic E-state index is -1.94. The molecule has 140 valence electrons. The van der Waals surface area contributed by atoms with Gasteiger partial charge in [0.1, 0.15) is 0 Å². The quantitative estimate of drug-likeness (QED) is 0.246. The molecule has 0 aromatic heterocycles. The Morgan fingerprint density at radius 3 is 1.64 bits per heavy atom. The van der Waals surface area contributed by atoms with Gasteiger partial charge in [0.05, 0.1) is 0 Å². The summed E-state index contributed by atoms with van der Waals surface area (Å²) in [5.74, 6) is -3.61. The van der Waals surface area contributed by atoms with Gasteiger partial charge in [-0.15, -0.1) is 0 Å². The van der Waals surface area contributed by atoms with Crippen LogP contribution in [0.2, 0.25) is 0 Å². The van der Waals surface area contributed by atoms with Crippen LogP contribution in [-0.2, 0) is 42.9 Å². The van der Waals surface area contributed by atoms with E-state index in [1.807, 2.05) is 0 Å². The Balaban J connectivity index is 5.80. The maximum absolute atomic E-state index is 11.3. The second kappa shape index (κ2) is 10.5. The van der Waals surface area contributed by atoms with Gasteiger partial charge in [-0.05, 0) is 12.2 Å². The number of ether oxygens (including phenoxy) is 4. The van der Waals surface area contributed by atoms with Crippen LogP contribution in [0.15, 0.2) is 0 Å². The van der Waals surface area contributed by atoms with E-state index in [1.54, 1.807) is 0 Å². The van der Waals surface area contributed by atoms with Crippen molar-refractivity contribution in [1.82, 2.24) is 0 Å². The van der Waals surface area contributed by atoms with E-state index in [1.165, 1.54) is 0 Å². The van der Waals surface area contributed by atoms with Crippen molar-refractivity contribution in [1.29, 1.82) is 0 Å². The van der Waals surface area contributed by atoms with Gasteiger partial charge in [0.15, 0.2) is 30.7 Å². The lowest BCUT2D eigenvalue weighted by Gasteiger charge is -2.31. The highest BCUT2D eigenvalue weighted by Crippen LogP contribution is 2.18. The lowest BCUT2D eigenvalue weighted by atomic mass is 10.0. The number of aliphatic hydroxyl groups excluding tert-OH is 1. The Kier molecular flexibility index (Phi) is 9.46. The average molecular weight is 378 g/mol. The Bertz CT molecular complexity index is 558. The van der Waals surface area contributed by atoms with Crippen LogP contribution in [0, 0.1) is 0 Å². The van der Waals surface area contributed by atoms with E-state index in [-0.39, 0.29) is 6.29 Å². The molecule has 0 aliphatic carbocycles. The molecule has 0 aromatic carbocycles. The Hall–Kier alpha value is -2.40. The van der Waals surface area contributed by atoms with E-state index in [4.69, 9.17) is 26.4 Å². The van der Waals surface area contributed by atoms with Gasteiger partial charge in [0.2, 0.25) is 5.05 Å². The molecule has 10 nitrogen and oxygen atoms in total. The summed E-state index contributed by atoms with van der Waals surface area (Å²) in [5.41, 5.74) is 0. The SMILES string of the molecule is CC(=O)OC(=S)[C@@H](O)[C@@H](OC(C)=O)[C@H](OC(C)=O)[C@H](C=O)OC(C)=O. The Morgan fingerprint density at radius 2 is 1.28 bits per heavy atom. The van der Waals surface area contributed by atoms with Crippen LogP contribution in [-0.4, -0.2) is 64.7 Å². The van der Waals surface area contributed by atoms with Crippen molar-refractivity contribution < 1.29 is 48.0 Å². The zero-order valence-corrected chi connectivity index (χ0v) is 14.7. The maximum atomic E-state index is 11.3. The third kappa shape index (κ3) is 8.31. The normalized spacial score (nSPS) is 14.9. The summed E-state index contributed by atoms with van der Waals surface area (Å²) < 4.78 is 18.9. The van der Waals surface area contributed by atoms with Crippen molar-refractivity contribution in [3.63, 3.8) is 0 Å². The van der Waals surface area contributed by atoms with Crippen molar-refractivity contribution in [2.75, 3.05) is 0 Å². The van der Waals surface area contributed by atoms with Crippen molar-refractivity contribution in [3.8, 4) is 0 Å². The highest BCUT2D eigenvalue weighted by Gasteiger charge is 2.43. The van der Waals surface area contributed by atoms with Gasteiger partial charge in [-0.25, -0.2) is 0 Å². The summed E-state index contributed by atoms with van der Waals surface area (Å²) in [5, 5.41) is 9.50. The zero-order valence-electron chi connectivity index (χ0n) is 13.9. The minimum Gasteiger partial charge on any atom is -0.455 e. The fourth-order valence-corrected chi connectivity index (χ4v) is 1.97. The predicted molar refractivity (Wildman–Crippen MR) is 83.1 cm³/mol. The van der Waals surface area contributed by atoms with E-state index in [0.717, 1.165) is 27.7 Å². The van der Waals surface area contributed by atoms with Crippen LogP contribution < -0.4 is 0 Å². The lowest BCUT2D eigenvalue weighted by molar-refractivity contribution is -0.188. The fourth-order valence-electron chi connectivity index (χ4n) is 1.72. The molecule has 25 heavy (non-hydrogen) atoms. The van der Waals surface area contributed by atoms with E-state index >= 15 is 0 Å². The number of aliphatic hydroxyl groups is 1. The molecule has 4 atom stereocenters. The third-order valence-electron chi connectivity index (χ3n) is 2.48. The van der Waals surface area contributed by atoms with Crippen molar-refractivity contribution in [2.45, 2.75) is 52.1 Å². The summed E-state index contributed by atoms with van der Waals surface area (Å²) in [4.78, 5) is 55.9. The standard InChI is InChI=1S/C14H18O10S/c1-6(16)21-10(5-15)12(22-7(2)17)13(23-8(3)18)11(20)14(25)24-9(4)19/h5,10-13,20H,1-4H3/t10-,11-,12+,13+/m0/s1. The van der Waals surface area contributed by atoms with Gasteiger partial charge in [-0.1, -0.05) is 0 Å². The maximum Gasteiger partial charge on any atom is 0.308 e. The van der Waals surface area contributed by atoms with Gasteiger partial charge < -0.3 is 24.1 Å². The van der Waals surface area contributed by atoms with Crippen LogP contribution >= 0.6 is 12.2 Å². The van der Waals surface area contributed by atoms with Gasteiger partial charge in [-0.2, -0.15) is 0 Å². The lowest BCUT2D eigenvalue weighted by Crippen LogP contribution is -2.53. The number of esters is 4. The molecule has 11 heteroatoms. The van der Waals surface area contributed by atoms with Crippen LogP contribution in [0.3, 0.4) is 0 Å². The van der Waals surface area contributed by atoms with Crippen LogP contribution in [0.5, 0.6) is 0 Å². The number of hydrogen-bond donors (Lipinski definition) is 1. The molecule has 0 aromatic rings. The Morgan fingerprint density at radius 1 is 0.840 bits per heavy atom. The number of aldehydes is 1. The first-order valence-corrected chi connectivity index (χ1v) is 7.27. The highest BCUT2D eigenvalue weighted by molar-refractivity contribution is 7.80. The monoisotopic (exact) mass is 378 g/mol. The summed E-state index contributed by atoms with van der Waals surface area (Å²) >= 11 is 4.70.